The van der Waals surface area contributed by atoms with Gasteiger partial charge in [0.25, 0.3) is 0 Å². The molecule has 0 spiro atoms. The smallest absolute Gasteiger partial charge is 0.313 e. The first kappa shape index (κ1) is 15.9. The molecule has 0 saturated carbocycles. The summed E-state index contributed by atoms with van der Waals surface area (Å²) in [5.74, 6) is -1.14. The zero-order valence-electron chi connectivity index (χ0n) is 10.4. The number of hydrogen-bond acceptors (Lipinski definition) is 3. The highest BCUT2D eigenvalue weighted by Crippen LogP contribution is 2.34. The topological polar surface area (TPSA) is 61.4 Å². The summed E-state index contributed by atoms with van der Waals surface area (Å²) in [6.45, 7) is 2.53. The third-order valence-electron chi connectivity index (χ3n) is 2.84. The van der Waals surface area contributed by atoms with Crippen molar-refractivity contribution in [2.45, 2.75) is 0 Å². The molecule has 2 N–H and O–H groups in total. The zero-order chi connectivity index (χ0) is 14.7. The summed E-state index contributed by atoms with van der Waals surface area (Å²) in [7, 11) is 0. The quantitative estimate of drug-likeness (QED) is 0.621. The number of carbonyl (C=O) groups is 2. The lowest BCUT2D eigenvalue weighted by molar-refractivity contribution is -0.143. The van der Waals surface area contributed by atoms with Gasteiger partial charge in [0.05, 0.1) is 5.69 Å². The van der Waals surface area contributed by atoms with Gasteiger partial charge in [0.1, 0.15) is 0 Å². The van der Waals surface area contributed by atoms with Crippen molar-refractivity contribution >= 4 is 65.3 Å². The second-order valence-corrected chi connectivity index (χ2v) is 6.87. The number of benzene rings is 1. The molecule has 2 rings (SSSR count). The Bertz CT molecular complexity index is 522. The summed E-state index contributed by atoms with van der Waals surface area (Å²) in [6.07, 6.45) is 0. The molecule has 8 heteroatoms. The van der Waals surface area contributed by atoms with Gasteiger partial charge in [-0.05, 0) is 44.0 Å². The van der Waals surface area contributed by atoms with Gasteiger partial charge < -0.3 is 15.5 Å². The molecule has 0 radical (unpaired) electrons. The Morgan fingerprint density at radius 3 is 2.20 bits per heavy atom. The largest absolute Gasteiger partial charge is 0.332 e. The van der Waals surface area contributed by atoms with Crippen molar-refractivity contribution in [3.63, 3.8) is 0 Å². The number of nitrogens with one attached hydrogen (secondary N) is 2. The van der Waals surface area contributed by atoms with Gasteiger partial charge in [-0.1, -0.05) is 15.9 Å². The molecular weight excluding hydrogens is 458 g/mol. The molecule has 0 aromatic heterocycles. The van der Waals surface area contributed by atoms with E-state index in [-0.39, 0.29) is 0 Å². The summed E-state index contributed by atoms with van der Waals surface area (Å²) in [4.78, 5) is 25.6. The lowest BCUT2D eigenvalue weighted by Crippen LogP contribution is -2.49. The molecule has 0 aliphatic carbocycles. The van der Waals surface area contributed by atoms with E-state index in [4.69, 9.17) is 0 Å². The number of piperazine rings is 1. The van der Waals surface area contributed by atoms with Crippen LogP contribution in [0.2, 0.25) is 0 Å². The molecule has 0 bridgehead atoms. The Labute approximate surface area is 141 Å². The van der Waals surface area contributed by atoms with Crippen LogP contribution in [0.15, 0.2) is 25.6 Å². The summed E-state index contributed by atoms with van der Waals surface area (Å²) in [6, 6.07) is 3.60. The fraction of sp³-hybridized carbons (Fsp3) is 0.333. The number of hydrogen-bond donors (Lipinski definition) is 2. The Morgan fingerprint density at radius 2 is 1.65 bits per heavy atom. The van der Waals surface area contributed by atoms with Gasteiger partial charge >= 0.3 is 11.8 Å². The van der Waals surface area contributed by atoms with E-state index in [9.17, 15) is 9.59 Å². The van der Waals surface area contributed by atoms with Crippen molar-refractivity contribution in [3.05, 3.63) is 25.6 Å². The summed E-state index contributed by atoms with van der Waals surface area (Å²) >= 11 is 10.1. The van der Waals surface area contributed by atoms with E-state index in [1.807, 2.05) is 0 Å². The SMILES string of the molecule is O=C(Nc1c(Br)cc(Br)cc1Br)C(=O)N1CCNCC1. The number of nitrogens with zero attached hydrogens (tertiary/aromatic N) is 1. The van der Waals surface area contributed by atoms with E-state index in [0.717, 1.165) is 4.47 Å². The van der Waals surface area contributed by atoms with Crippen molar-refractivity contribution in [2.75, 3.05) is 31.5 Å². The monoisotopic (exact) mass is 467 g/mol. The van der Waals surface area contributed by atoms with Crippen molar-refractivity contribution in [1.82, 2.24) is 10.2 Å². The predicted molar refractivity (Wildman–Crippen MR) is 87.6 cm³/mol. The van der Waals surface area contributed by atoms with Crippen LogP contribution >= 0.6 is 47.8 Å². The summed E-state index contributed by atoms with van der Waals surface area (Å²) in [5, 5.41) is 5.77. The Balaban J connectivity index is 2.09. The summed E-state index contributed by atoms with van der Waals surface area (Å²) in [5.41, 5.74) is 0.543. The Morgan fingerprint density at radius 1 is 1.10 bits per heavy atom. The normalized spacial score (nSPS) is 15.1. The van der Waals surface area contributed by atoms with Crippen LogP contribution in [0.3, 0.4) is 0 Å². The number of halogens is 3. The van der Waals surface area contributed by atoms with Gasteiger partial charge in [0.15, 0.2) is 0 Å². The maximum atomic E-state index is 12.0. The molecule has 5 nitrogen and oxygen atoms in total. The van der Waals surface area contributed by atoms with E-state index in [0.29, 0.717) is 40.8 Å². The second-order valence-electron chi connectivity index (χ2n) is 4.24. The molecule has 1 heterocycles. The highest BCUT2D eigenvalue weighted by Gasteiger charge is 2.24. The van der Waals surface area contributed by atoms with E-state index < -0.39 is 11.8 Å². The van der Waals surface area contributed by atoms with E-state index >= 15 is 0 Å². The third-order valence-corrected chi connectivity index (χ3v) is 4.55. The Kier molecular flexibility index (Phi) is 5.59. The van der Waals surface area contributed by atoms with Gasteiger partial charge in [0, 0.05) is 39.6 Å². The van der Waals surface area contributed by atoms with Crippen LogP contribution in [0.4, 0.5) is 5.69 Å². The molecular formula is C12H12Br3N3O2. The molecule has 108 valence electrons. The van der Waals surface area contributed by atoms with Crippen LogP contribution in [0.5, 0.6) is 0 Å². The molecule has 1 aliphatic rings. The molecule has 2 amide bonds. The molecule has 1 saturated heterocycles. The van der Waals surface area contributed by atoms with Crippen LogP contribution in [0, 0.1) is 0 Å². The fourth-order valence-corrected chi connectivity index (χ4v) is 4.30. The highest BCUT2D eigenvalue weighted by molar-refractivity contribution is 9.11. The number of amides is 2. The first-order valence-electron chi connectivity index (χ1n) is 5.94. The molecule has 1 aliphatic heterocycles. The van der Waals surface area contributed by atoms with Crippen molar-refractivity contribution in [3.8, 4) is 0 Å². The number of carbonyl (C=O) groups excluding carboxylic acids is 2. The third kappa shape index (κ3) is 3.81. The van der Waals surface area contributed by atoms with E-state index in [2.05, 4.69) is 58.4 Å². The van der Waals surface area contributed by atoms with Crippen LogP contribution in [-0.4, -0.2) is 42.9 Å². The van der Waals surface area contributed by atoms with Gasteiger partial charge in [-0.15, -0.1) is 0 Å². The zero-order valence-corrected chi connectivity index (χ0v) is 15.1. The summed E-state index contributed by atoms with van der Waals surface area (Å²) < 4.78 is 2.25. The van der Waals surface area contributed by atoms with Crippen LogP contribution in [0.25, 0.3) is 0 Å². The van der Waals surface area contributed by atoms with E-state index in [1.165, 1.54) is 0 Å². The highest BCUT2D eigenvalue weighted by atomic mass is 79.9. The number of rotatable bonds is 1. The fourth-order valence-electron chi connectivity index (χ4n) is 1.84. The lowest BCUT2D eigenvalue weighted by atomic mass is 10.3. The van der Waals surface area contributed by atoms with Gasteiger partial charge in [-0.3, -0.25) is 9.59 Å². The minimum absolute atomic E-state index is 0.506. The minimum atomic E-state index is -0.629. The van der Waals surface area contributed by atoms with Crippen LogP contribution in [0.1, 0.15) is 0 Å². The van der Waals surface area contributed by atoms with E-state index in [1.54, 1.807) is 17.0 Å². The van der Waals surface area contributed by atoms with Gasteiger partial charge in [-0.25, -0.2) is 0 Å². The maximum absolute atomic E-state index is 12.0. The first-order chi connectivity index (χ1) is 9.49. The number of anilines is 1. The van der Waals surface area contributed by atoms with Crippen molar-refractivity contribution < 1.29 is 9.59 Å². The van der Waals surface area contributed by atoms with Crippen molar-refractivity contribution in [1.29, 1.82) is 0 Å². The van der Waals surface area contributed by atoms with Crippen LogP contribution < -0.4 is 10.6 Å². The maximum Gasteiger partial charge on any atom is 0.313 e. The molecule has 1 aromatic rings. The average Bonchev–Trinajstić information content (AvgIpc) is 2.42. The van der Waals surface area contributed by atoms with Crippen LogP contribution in [-0.2, 0) is 9.59 Å². The first-order valence-corrected chi connectivity index (χ1v) is 8.32. The average molecular weight is 470 g/mol. The molecule has 0 atom stereocenters. The van der Waals surface area contributed by atoms with Crippen molar-refractivity contribution in [2.24, 2.45) is 0 Å². The van der Waals surface area contributed by atoms with Gasteiger partial charge in [0.2, 0.25) is 0 Å². The molecule has 1 aromatic carbocycles. The molecule has 20 heavy (non-hydrogen) atoms. The predicted octanol–water partition coefficient (Wildman–Crippen LogP) is 2.34. The minimum Gasteiger partial charge on any atom is -0.332 e. The molecule has 0 unspecified atom stereocenters. The second kappa shape index (κ2) is 7.02. The standard InChI is InChI=1S/C12H12Br3N3O2/c13-7-5-8(14)10(9(15)6-7)17-11(19)12(20)18-3-1-16-2-4-18/h5-6,16H,1-4H2,(H,17,19). The molecule has 1 fully saturated rings. The Hall–Kier alpha value is -0.440. The van der Waals surface area contributed by atoms with Gasteiger partial charge in [-0.2, -0.15) is 0 Å². The lowest BCUT2D eigenvalue weighted by Gasteiger charge is -2.26.